The predicted octanol–water partition coefficient (Wildman–Crippen LogP) is 2.44. The molecule has 1 aliphatic rings. The summed E-state index contributed by atoms with van der Waals surface area (Å²) < 4.78 is 18.4. The highest BCUT2D eigenvalue weighted by Gasteiger charge is 2.22. The topological polar surface area (TPSA) is 92.4 Å². The van der Waals surface area contributed by atoms with E-state index in [0.717, 1.165) is 18.5 Å². The molecule has 0 aliphatic carbocycles. The second-order valence-corrected chi connectivity index (χ2v) is 6.98. The van der Waals surface area contributed by atoms with Crippen LogP contribution in [0.3, 0.4) is 0 Å². The Hall–Kier alpha value is -2.52. The Kier molecular flexibility index (Phi) is 6.72. The van der Waals surface area contributed by atoms with E-state index in [1.165, 1.54) is 23.5 Å². The van der Waals surface area contributed by atoms with Crippen LogP contribution in [0, 0.1) is 5.82 Å². The Bertz CT molecular complexity index is 792. The highest BCUT2D eigenvalue weighted by Crippen LogP contribution is 2.16. The van der Waals surface area contributed by atoms with Crippen molar-refractivity contribution in [2.24, 2.45) is 0 Å². The molecule has 0 saturated carbocycles. The number of aromatic nitrogens is 1. The first kappa shape index (κ1) is 19.2. The van der Waals surface area contributed by atoms with Gasteiger partial charge in [0.1, 0.15) is 11.9 Å². The fraction of sp³-hybridized carbons (Fsp3) is 0.389. The number of rotatable bonds is 7. The smallest absolute Gasteiger partial charge is 0.321 e. The summed E-state index contributed by atoms with van der Waals surface area (Å²) in [5, 5.41) is 10.4. The van der Waals surface area contributed by atoms with Gasteiger partial charge in [0.15, 0.2) is 5.13 Å². The minimum atomic E-state index is -0.410. The van der Waals surface area contributed by atoms with Crippen molar-refractivity contribution in [1.82, 2.24) is 15.6 Å². The molecule has 1 saturated heterocycles. The lowest BCUT2D eigenvalue weighted by molar-refractivity contribution is -0.129. The molecule has 2 heterocycles. The first-order valence-corrected chi connectivity index (χ1v) is 9.61. The molecule has 2 aromatic rings. The van der Waals surface area contributed by atoms with Gasteiger partial charge in [-0.2, -0.15) is 0 Å². The quantitative estimate of drug-likeness (QED) is 0.675. The van der Waals surface area contributed by atoms with Gasteiger partial charge in [-0.3, -0.25) is 10.1 Å². The molecule has 0 bridgehead atoms. The summed E-state index contributed by atoms with van der Waals surface area (Å²) in [5.74, 6) is -0.427. The minimum absolute atomic E-state index is 0.0854. The fourth-order valence-electron chi connectivity index (χ4n) is 2.66. The van der Waals surface area contributed by atoms with Gasteiger partial charge in [-0.25, -0.2) is 14.2 Å². The second-order valence-electron chi connectivity index (χ2n) is 6.12. The van der Waals surface area contributed by atoms with Gasteiger partial charge in [0.2, 0.25) is 5.91 Å². The molecule has 0 spiro atoms. The number of nitrogens with one attached hydrogen (secondary N) is 3. The van der Waals surface area contributed by atoms with Gasteiger partial charge >= 0.3 is 6.03 Å². The van der Waals surface area contributed by atoms with Crippen LogP contribution in [0.15, 0.2) is 29.6 Å². The van der Waals surface area contributed by atoms with Gasteiger partial charge in [-0.05, 0) is 30.5 Å². The standard InChI is InChI=1S/C18H21FN4O3S/c19-13-4-1-3-12(9-13)10-21-17(25)23-18-22-14(11-27-18)6-7-20-16(24)15-5-2-8-26-15/h1,3-4,9,11,15H,2,5-8,10H2,(H,20,24)(H2,21,22,23,25). The molecule has 1 aromatic heterocycles. The van der Waals surface area contributed by atoms with Crippen molar-refractivity contribution >= 4 is 28.4 Å². The molecular formula is C18H21FN4O3S. The zero-order valence-electron chi connectivity index (χ0n) is 14.7. The summed E-state index contributed by atoms with van der Waals surface area (Å²) in [7, 11) is 0. The van der Waals surface area contributed by atoms with Gasteiger partial charge in [0.05, 0.1) is 5.69 Å². The van der Waals surface area contributed by atoms with Crippen LogP contribution in [-0.4, -0.2) is 36.2 Å². The summed E-state index contributed by atoms with van der Waals surface area (Å²) in [4.78, 5) is 28.1. The zero-order chi connectivity index (χ0) is 19.1. The molecule has 3 amide bonds. The van der Waals surface area contributed by atoms with Crippen LogP contribution in [-0.2, 0) is 22.5 Å². The van der Waals surface area contributed by atoms with Crippen molar-refractivity contribution in [3.05, 3.63) is 46.7 Å². The van der Waals surface area contributed by atoms with E-state index in [2.05, 4.69) is 20.9 Å². The third kappa shape index (κ3) is 6.00. The summed E-state index contributed by atoms with van der Waals surface area (Å²) >= 11 is 1.31. The molecular weight excluding hydrogens is 371 g/mol. The molecule has 0 radical (unpaired) electrons. The Balaban J connectivity index is 1.38. The lowest BCUT2D eigenvalue weighted by Gasteiger charge is -2.09. The number of amides is 3. The molecule has 3 rings (SSSR count). The molecule has 1 fully saturated rings. The SMILES string of the molecule is O=C(NCc1cccc(F)c1)Nc1nc(CCNC(=O)C2CCCO2)cs1. The van der Waals surface area contributed by atoms with Gasteiger partial charge in [0, 0.05) is 31.5 Å². The average molecular weight is 392 g/mol. The van der Waals surface area contributed by atoms with E-state index >= 15 is 0 Å². The maximum Gasteiger partial charge on any atom is 0.321 e. The van der Waals surface area contributed by atoms with Crippen molar-refractivity contribution in [1.29, 1.82) is 0 Å². The van der Waals surface area contributed by atoms with E-state index in [4.69, 9.17) is 4.74 Å². The third-order valence-electron chi connectivity index (χ3n) is 4.02. The van der Waals surface area contributed by atoms with Crippen LogP contribution in [0.5, 0.6) is 0 Å². The molecule has 3 N–H and O–H groups in total. The van der Waals surface area contributed by atoms with E-state index in [-0.39, 0.29) is 24.4 Å². The number of benzene rings is 1. The highest BCUT2D eigenvalue weighted by molar-refractivity contribution is 7.13. The molecule has 7 nitrogen and oxygen atoms in total. The molecule has 1 atom stereocenters. The van der Waals surface area contributed by atoms with Crippen molar-refractivity contribution in [3.63, 3.8) is 0 Å². The second kappa shape index (κ2) is 9.43. The Morgan fingerprint density at radius 1 is 1.33 bits per heavy atom. The number of carbonyl (C=O) groups excluding carboxylic acids is 2. The Morgan fingerprint density at radius 2 is 2.22 bits per heavy atom. The van der Waals surface area contributed by atoms with Crippen molar-refractivity contribution in [2.45, 2.75) is 31.9 Å². The van der Waals surface area contributed by atoms with Gasteiger partial charge in [-0.15, -0.1) is 11.3 Å². The zero-order valence-corrected chi connectivity index (χ0v) is 15.5. The van der Waals surface area contributed by atoms with Crippen LogP contribution in [0.2, 0.25) is 0 Å². The maximum absolute atomic E-state index is 13.1. The van der Waals surface area contributed by atoms with E-state index in [0.29, 0.717) is 30.3 Å². The van der Waals surface area contributed by atoms with Crippen LogP contribution >= 0.6 is 11.3 Å². The number of anilines is 1. The molecule has 1 unspecified atom stereocenters. The van der Waals surface area contributed by atoms with Crippen molar-refractivity contribution < 1.29 is 18.7 Å². The normalized spacial score (nSPS) is 16.1. The average Bonchev–Trinajstić information content (AvgIpc) is 3.32. The van der Waals surface area contributed by atoms with Gasteiger partial charge < -0.3 is 15.4 Å². The van der Waals surface area contributed by atoms with Crippen LogP contribution < -0.4 is 16.0 Å². The number of hydrogen-bond acceptors (Lipinski definition) is 5. The maximum atomic E-state index is 13.1. The van der Waals surface area contributed by atoms with Crippen molar-refractivity contribution in [3.8, 4) is 0 Å². The number of thiazole rings is 1. The Labute approximate surface area is 160 Å². The summed E-state index contributed by atoms with van der Waals surface area (Å²) in [6.45, 7) is 1.32. The van der Waals surface area contributed by atoms with E-state index < -0.39 is 6.03 Å². The molecule has 9 heteroatoms. The molecule has 1 aliphatic heterocycles. The minimum Gasteiger partial charge on any atom is -0.368 e. The van der Waals surface area contributed by atoms with E-state index in [1.807, 2.05) is 5.38 Å². The summed E-state index contributed by atoms with van der Waals surface area (Å²) in [5.41, 5.74) is 1.46. The lowest BCUT2D eigenvalue weighted by Crippen LogP contribution is -2.35. The number of halogens is 1. The summed E-state index contributed by atoms with van der Waals surface area (Å²) in [6.07, 6.45) is 1.92. The van der Waals surface area contributed by atoms with Gasteiger partial charge in [0.25, 0.3) is 0 Å². The van der Waals surface area contributed by atoms with E-state index in [1.54, 1.807) is 12.1 Å². The van der Waals surface area contributed by atoms with Crippen LogP contribution in [0.25, 0.3) is 0 Å². The number of nitrogens with zero attached hydrogens (tertiary/aromatic N) is 1. The fourth-order valence-corrected chi connectivity index (χ4v) is 3.40. The Morgan fingerprint density at radius 3 is 3.00 bits per heavy atom. The first-order valence-electron chi connectivity index (χ1n) is 8.73. The largest absolute Gasteiger partial charge is 0.368 e. The lowest BCUT2D eigenvalue weighted by atomic mass is 10.2. The third-order valence-corrected chi connectivity index (χ3v) is 4.82. The van der Waals surface area contributed by atoms with Gasteiger partial charge in [-0.1, -0.05) is 12.1 Å². The number of carbonyl (C=O) groups is 2. The highest BCUT2D eigenvalue weighted by atomic mass is 32.1. The van der Waals surface area contributed by atoms with Crippen LogP contribution in [0.4, 0.5) is 14.3 Å². The number of ether oxygens (including phenoxy) is 1. The summed E-state index contributed by atoms with van der Waals surface area (Å²) in [6, 6.07) is 5.63. The number of hydrogen-bond donors (Lipinski definition) is 3. The molecule has 1 aromatic carbocycles. The molecule has 144 valence electrons. The number of urea groups is 1. The van der Waals surface area contributed by atoms with Crippen molar-refractivity contribution in [2.75, 3.05) is 18.5 Å². The monoisotopic (exact) mass is 392 g/mol. The molecule has 27 heavy (non-hydrogen) atoms. The first-order chi connectivity index (χ1) is 13.1. The van der Waals surface area contributed by atoms with Crippen LogP contribution in [0.1, 0.15) is 24.1 Å². The predicted molar refractivity (Wildman–Crippen MR) is 100 cm³/mol. The van der Waals surface area contributed by atoms with E-state index in [9.17, 15) is 14.0 Å².